The van der Waals surface area contributed by atoms with Gasteiger partial charge in [-0.2, -0.15) is 5.10 Å². The van der Waals surface area contributed by atoms with Crippen molar-refractivity contribution in [3.63, 3.8) is 0 Å². The Hall–Kier alpha value is -1.36. The lowest BCUT2D eigenvalue weighted by Crippen LogP contribution is -2.30. The van der Waals surface area contributed by atoms with Gasteiger partial charge in [-0.05, 0) is 32.4 Å². The molecule has 0 saturated carbocycles. The molecule has 0 fully saturated rings. The Morgan fingerprint density at radius 3 is 2.76 bits per heavy atom. The highest BCUT2D eigenvalue weighted by atomic mass is 16.2. The zero-order chi connectivity index (χ0) is 12.8. The smallest absolute Gasteiger partial charge is 0.271 e. The lowest BCUT2D eigenvalue weighted by molar-refractivity contribution is 0.0782. The number of amides is 1. The fourth-order valence-electron chi connectivity index (χ4n) is 1.68. The second-order valence-electron chi connectivity index (χ2n) is 4.06. The largest absolute Gasteiger partial charge is 0.340 e. The van der Waals surface area contributed by atoms with Crippen LogP contribution in [-0.2, 0) is 13.0 Å². The van der Waals surface area contributed by atoms with Crippen molar-refractivity contribution in [2.45, 2.75) is 33.2 Å². The number of rotatable bonds is 6. The first-order valence-electron chi connectivity index (χ1n) is 6.16. The van der Waals surface area contributed by atoms with Gasteiger partial charge >= 0.3 is 0 Å². The van der Waals surface area contributed by atoms with E-state index >= 15 is 0 Å². The van der Waals surface area contributed by atoms with E-state index in [0.717, 1.165) is 18.5 Å². The summed E-state index contributed by atoms with van der Waals surface area (Å²) >= 11 is 0. The maximum Gasteiger partial charge on any atom is 0.271 e. The van der Waals surface area contributed by atoms with Gasteiger partial charge in [0.2, 0.25) is 0 Å². The highest BCUT2D eigenvalue weighted by Gasteiger charge is 2.17. The van der Waals surface area contributed by atoms with E-state index < -0.39 is 0 Å². The Balaban J connectivity index is 2.83. The predicted octanol–water partition coefficient (Wildman–Crippen LogP) is 0.886. The number of aryl methyl sites for hydroxylation is 2. The molecular formula is C12H22N4O. The molecule has 0 aliphatic heterocycles. The highest BCUT2D eigenvalue weighted by molar-refractivity contribution is 5.92. The van der Waals surface area contributed by atoms with E-state index in [1.165, 1.54) is 0 Å². The van der Waals surface area contributed by atoms with Gasteiger partial charge in [0.05, 0.1) is 5.69 Å². The summed E-state index contributed by atoms with van der Waals surface area (Å²) in [5.74, 6) is 0.0208. The summed E-state index contributed by atoms with van der Waals surface area (Å²) in [4.78, 5) is 13.9. The molecule has 0 aromatic carbocycles. The van der Waals surface area contributed by atoms with Crippen molar-refractivity contribution in [2.24, 2.45) is 5.73 Å². The van der Waals surface area contributed by atoms with Crippen LogP contribution in [0.3, 0.4) is 0 Å². The highest BCUT2D eigenvalue weighted by Crippen LogP contribution is 2.08. The molecule has 0 radical (unpaired) electrons. The molecule has 1 amide bonds. The van der Waals surface area contributed by atoms with Crippen LogP contribution in [0.5, 0.6) is 0 Å². The third-order valence-electron chi connectivity index (χ3n) is 2.76. The van der Waals surface area contributed by atoms with Crippen molar-refractivity contribution in [2.75, 3.05) is 20.1 Å². The van der Waals surface area contributed by atoms with Gasteiger partial charge in [0, 0.05) is 20.1 Å². The topological polar surface area (TPSA) is 64.2 Å². The van der Waals surface area contributed by atoms with Crippen LogP contribution >= 0.6 is 0 Å². The Bertz CT molecular complexity index is 373. The van der Waals surface area contributed by atoms with Gasteiger partial charge in [-0.3, -0.25) is 9.48 Å². The van der Waals surface area contributed by atoms with Crippen molar-refractivity contribution in [1.29, 1.82) is 0 Å². The number of aromatic nitrogens is 2. The van der Waals surface area contributed by atoms with Crippen molar-refractivity contribution in [3.8, 4) is 0 Å². The van der Waals surface area contributed by atoms with E-state index in [-0.39, 0.29) is 5.91 Å². The van der Waals surface area contributed by atoms with Gasteiger partial charge in [0.25, 0.3) is 5.91 Å². The summed E-state index contributed by atoms with van der Waals surface area (Å²) < 4.78 is 1.76. The third-order valence-corrected chi connectivity index (χ3v) is 2.76. The minimum absolute atomic E-state index is 0.0208. The number of nitrogens with two attached hydrogens (primary N) is 1. The van der Waals surface area contributed by atoms with Gasteiger partial charge in [0.15, 0.2) is 0 Å². The van der Waals surface area contributed by atoms with Gasteiger partial charge in [-0.25, -0.2) is 0 Å². The van der Waals surface area contributed by atoms with Crippen LogP contribution in [0.15, 0.2) is 6.07 Å². The molecule has 0 bridgehead atoms. The van der Waals surface area contributed by atoms with E-state index in [1.54, 1.807) is 16.6 Å². The van der Waals surface area contributed by atoms with Crippen LogP contribution in [-0.4, -0.2) is 40.7 Å². The van der Waals surface area contributed by atoms with Gasteiger partial charge in [0.1, 0.15) is 5.69 Å². The Morgan fingerprint density at radius 2 is 2.24 bits per heavy atom. The summed E-state index contributed by atoms with van der Waals surface area (Å²) in [5, 5.41) is 4.38. The van der Waals surface area contributed by atoms with Gasteiger partial charge < -0.3 is 10.6 Å². The molecule has 1 heterocycles. The van der Waals surface area contributed by atoms with Crippen molar-refractivity contribution in [1.82, 2.24) is 14.7 Å². The van der Waals surface area contributed by atoms with Crippen LogP contribution in [0, 0.1) is 0 Å². The van der Waals surface area contributed by atoms with E-state index in [0.29, 0.717) is 25.3 Å². The molecule has 5 nitrogen and oxygen atoms in total. The summed E-state index contributed by atoms with van der Waals surface area (Å²) in [6, 6.07) is 1.88. The molecule has 1 rings (SSSR count). The first-order chi connectivity index (χ1) is 8.13. The molecule has 17 heavy (non-hydrogen) atoms. The van der Waals surface area contributed by atoms with E-state index in [2.05, 4.69) is 5.10 Å². The standard InChI is InChI=1S/C12H22N4O/c1-4-10-9-11(16(5-2)14-10)12(17)15(3)8-6-7-13/h9H,4-8,13H2,1-3H3. The number of nitrogens with zero attached hydrogens (tertiary/aromatic N) is 3. The van der Waals surface area contributed by atoms with Crippen molar-refractivity contribution in [3.05, 3.63) is 17.5 Å². The first kappa shape index (κ1) is 13.7. The van der Waals surface area contributed by atoms with Gasteiger partial charge in [-0.1, -0.05) is 6.92 Å². The Kier molecular flexibility index (Phi) is 5.15. The SMILES string of the molecule is CCc1cc(C(=O)N(C)CCCN)n(CC)n1. The maximum absolute atomic E-state index is 12.2. The second kappa shape index (κ2) is 6.39. The fraction of sp³-hybridized carbons (Fsp3) is 0.667. The molecule has 0 aliphatic carbocycles. The average Bonchev–Trinajstić information content (AvgIpc) is 2.78. The van der Waals surface area contributed by atoms with Crippen LogP contribution in [0.4, 0.5) is 0 Å². The normalized spacial score (nSPS) is 10.6. The molecule has 1 aromatic rings. The summed E-state index contributed by atoms with van der Waals surface area (Å²) in [6.45, 7) is 6.03. The lowest BCUT2D eigenvalue weighted by Gasteiger charge is -2.16. The van der Waals surface area contributed by atoms with Crippen LogP contribution in [0.2, 0.25) is 0 Å². The van der Waals surface area contributed by atoms with Gasteiger partial charge in [-0.15, -0.1) is 0 Å². The predicted molar refractivity (Wildman–Crippen MR) is 67.9 cm³/mol. The minimum atomic E-state index is 0.0208. The lowest BCUT2D eigenvalue weighted by atomic mass is 10.2. The molecule has 0 aliphatic rings. The second-order valence-corrected chi connectivity index (χ2v) is 4.06. The summed E-state index contributed by atoms with van der Waals surface area (Å²) in [5.41, 5.74) is 7.07. The van der Waals surface area contributed by atoms with E-state index in [4.69, 9.17) is 5.73 Å². The molecule has 0 unspecified atom stereocenters. The van der Waals surface area contributed by atoms with Crippen LogP contribution < -0.4 is 5.73 Å². The summed E-state index contributed by atoms with van der Waals surface area (Å²) in [7, 11) is 1.80. The quantitative estimate of drug-likeness (QED) is 0.800. The number of hydrogen-bond donors (Lipinski definition) is 1. The first-order valence-corrected chi connectivity index (χ1v) is 6.16. The van der Waals surface area contributed by atoms with Crippen LogP contribution in [0.25, 0.3) is 0 Å². The zero-order valence-corrected chi connectivity index (χ0v) is 10.9. The number of hydrogen-bond acceptors (Lipinski definition) is 3. The van der Waals surface area contributed by atoms with E-state index in [1.807, 2.05) is 19.9 Å². The molecule has 2 N–H and O–H groups in total. The van der Waals surface area contributed by atoms with E-state index in [9.17, 15) is 4.79 Å². The number of carbonyl (C=O) groups is 1. The summed E-state index contributed by atoms with van der Waals surface area (Å²) in [6.07, 6.45) is 1.67. The Labute approximate surface area is 103 Å². The minimum Gasteiger partial charge on any atom is -0.340 e. The molecular weight excluding hydrogens is 216 g/mol. The third kappa shape index (κ3) is 3.30. The van der Waals surface area contributed by atoms with Crippen molar-refractivity contribution >= 4 is 5.91 Å². The fourth-order valence-corrected chi connectivity index (χ4v) is 1.68. The number of carbonyl (C=O) groups excluding carboxylic acids is 1. The Morgan fingerprint density at radius 1 is 1.53 bits per heavy atom. The average molecular weight is 238 g/mol. The zero-order valence-electron chi connectivity index (χ0n) is 10.9. The maximum atomic E-state index is 12.2. The molecule has 5 heteroatoms. The monoisotopic (exact) mass is 238 g/mol. The van der Waals surface area contributed by atoms with Crippen LogP contribution in [0.1, 0.15) is 36.5 Å². The molecule has 0 atom stereocenters. The molecule has 1 aromatic heterocycles. The molecule has 0 spiro atoms. The molecule has 0 saturated heterocycles. The molecule has 96 valence electrons. The van der Waals surface area contributed by atoms with Crippen molar-refractivity contribution < 1.29 is 4.79 Å².